The lowest BCUT2D eigenvalue weighted by molar-refractivity contribution is -0.164. The van der Waals surface area contributed by atoms with E-state index >= 15 is 0 Å². The lowest BCUT2D eigenvalue weighted by Gasteiger charge is -2.17. The van der Waals surface area contributed by atoms with Gasteiger partial charge in [0.2, 0.25) is 5.60 Å². The molecule has 0 saturated heterocycles. The summed E-state index contributed by atoms with van der Waals surface area (Å²) in [7, 11) is 1.34. The molecule has 0 aliphatic carbocycles. The van der Waals surface area contributed by atoms with Gasteiger partial charge in [0, 0.05) is 11.8 Å². The number of carbonyl (C=O) groups excluding carboxylic acids is 1. The number of ether oxygens (including phenoxy) is 1. The second-order valence-electron chi connectivity index (χ2n) is 2.78. The quantitative estimate of drug-likeness (QED) is 0.532. The molecule has 1 aliphatic heterocycles. The summed E-state index contributed by atoms with van der Waals surface area (Å²) in [6.07, 6.45) is 0.491. The van der Waals surface area contributed by atoms with Crippen molar-refractivity contribution in [1.82, 2.24) is 0 Å². The van der Waals surface area contributed by atoms with Gasteiger partial charge >= 0.3 is 5.97 Å². The zero-order chi connectivity index (χ0) is 9.19. The number of hydrogen-bond acceptors (Lipinski definition) is 4. The van der Waals surface area contributed by atoms with Crippen LogP contribution in [0.3, 0.4) is 0 Å². The summed E-state index contributed by atoms with van der Waals surface area (Å²) >= 11 is 3.24. The van der Waals surface area contributed by atoms with Gasteiger partial charge in [0.15, 0.2) is 0 Å². The average molecular weight is 236 g/mol. The first kappa shape index (κ1) is 9.51. The van der Waals surface area contributed by atoms with E-state index < -0.39 is 5.60 Å². The zero-order valence-electron chi connectivity index (χ0n) is 6.96. The van der Waals surface area contributed by atoms with Crippen molar-refractivity contribution in [3.05, 3.63) is 0 Å². The van der Waals surface area contributed by atoms with Crippen molar-refractivity contribution < 1.29 is 14.4 Å². The van der Waals surface area contributed by atoms with Gasteiger partial charge in [-0.05, 0) is 6.92 Å². The molecule has 1 rings (SSSR count). The molecule has 0 N–H and O–H groups in total. The Morgan fingerprint density at radius 1 is 1.92 bits per heavy atom. The maximum atomic E-state index is 11.2. The molecule has 0 aromatic heterocycles. The van der Waals surface area contributed by atoms with E-state index in [4.69, 9.17) is 4.84 Å². The van der Waals surface area contributed by atoms with Gasteiger partial charge in [-0.3, -0.25) is 0 Å². The van der Waals surface area contributed by atoms with Gasteiger partial charge in [-0.15, -0.1) is 0 Å². The third-order valence-electron chi connectivity index (χ3n) is 1.69. The largest absolute Gasteiger partial charge is 0.466 e. The fourth-order valence-corrected chi connectivity index (χ4v) is 1.32. The molecule has 5 heteroatoms. The second kappa shape index (κ2) is 3.43. The van der Waals surface area contributed by atoms with Crippen molar-refractivity contribution in [1.29, 1.82) is 0 Å². The number of carbonyl (C=O) groups is 1. The fraction of sp³-hybridized carbons (Fsp3) is 0.714. The summed E-state index contributed by atoms with van der Waals surface area (Å²) in [6.45, 7) is 1.66. The van der Waals surface area contributed by atoms with Gasteiger partial charge in [0.05, 0.1) is 12.8 Å². The Balaban J connectivity index is 2.63. The average Bonchev–Trinajstić information content (AvgIpc) is 2.47. The van der Waals surface area contributed by atoms with Crippen LogP contribution >= 0.6 is 15.9 Å². The number of alkyl halides is 1. The second-order valence-corrected chi connectivity index (χ2v) is 3.34. The maximum Gasteiger partial charge on any atom is 0.353 e. The molecule has 1 atom stereocenters. The molecule has 0 saturated carbocycles. The Bertz CT molecular complexity index is 229. The number of esters is 1. The lowest BCUT2D eigenvalue weighted by Crippen LogP contribution is -2.36. The van der Waals surface area contributed by atoms with E-state index in [9.17, 15) is 4.79 Å². The highest BCUT2D eigenvalue weighted by Crippen LogP contribution is 2.25. The van der Waals surface area contributed by atoms with Crippen LogP contribution in [0.4, 0.5) is 0 Å². The molecular formula is C7H10BrNO3. The first-order valence-corrected chi connectivity index (χ1v) is 4.63. The highest BCUT2D eigenvalue weighted by Gasteiger charge is 2.42. The third kappa shape index (κ3) is 1.60. The van der Waals surface area contributed by atoms with Gasteiger partial charge in [-0.2, -0.15) is 0 Å². The van der Waals surface area contributed by atoms with Crippen molar-refractivity contribution in [3.8, 4) is 0 Å². The van der Waals surface area contributed by atoms with E-state index in [-0.39, 0.29) is 5.97 Å². The van der Waals surface area contributed by atoms with Crippen molar-refractivity contribution in [2.24, 2.45) is 5.16 Å². The van der Waals surface area contributed by atoms with Gasteiger partial charge < -0.3 is 9.57 Å². The number of rotatable bonds is 2. The Hall–Kier alpha value is -0.580. The summed E-state index contributed by atoms with van der Waals surface area (Å²) in [5.41, 5.74) is -0.0967. The molecule has 0 aromatic carbocycles. The predicted octanol–water partition coefficient (Wildman–Crippen LogP) is 1.09. The Kier molecular flexibility index (Phi) is 2.72. The molecule has 0 aromatic rings. The monoisotopic (exact) mass is 235 g/mol. The van der Waals surface area contributed by atoms with Crippen molar-refractivity contribution in [3.63, 3.8) is 0 Å². The molecule has 0 bridgehead atoms. The maximum absolute atomic E-state index is 11.2. The smallest absolute Gasteiger partial charge is 0.353 e. The molecule has 12 heavy (non-hydrogen) atoms. The first-order valence-electron chi connectivity index (χ1n) is 3.50. The molecule has 0 amide bonds. The van der Waals surface area contributed by atoms with Gasteiger partial charge in [-0.25, -0.2) is 4.79 Å². The number of methoxy groups -OCH3 is 1. The van der Waals surface area contributed by atoms with Crippen LogP contribution < -0.4 is 0 Å². The molecule has 0 fully saturated rings. The fourth-order valence-electron chi connectivity index (χ4n) is 1.02. The van der Waals surface area contributed by atoms with Crippen LogP contribution in [-0.4, -0.2) is 29.7 Å². The van der Waals surface area contributed by atoms with Gasteiger partial charge in [0.1, 0.15) is 0 Å². The van der Waals surface area contributed by atoms with Crippen LogP contribution in [0.25, 0.3) is 0 Å². The number of nitrogens with zero attached hydrogens (tertiary/aromatic N) is 1. The minimum absolute atomic E-state index is 0.387. The highest BCUT2D eigenvalue weighted by atomic mass is 79.9. The highest BCUT2D eigenvalue weighted by molar-refractivity contribution is 9.09. The summed E-state index contributed by atoms with van der Waals surface area (Å²) in [5.74, 6) is -0.387. The SMILES string of the molecule is COC(=O)C1(C)CC(CBr)=NO1. The Morgan fingerprint density at radius 2 is 2.58 bits per heavy atom. The molecule has 1 unspecified atom stereocenters. The van der Waals surface area contributed by atoms with E-state index in [0.717, 1.165) is 5.71 Å². The molecule has 4 nitrogen and oxygen atoms in total. The van der Waals surface area contributed by atoms with Gasteiger partial charge in [-0.1, -0.05) is 21.1 Å². The Labute approximate surface area is 79.0 Å². The van der Waals surface area contributed by atoms with Crippen LogP contribution in [0, 0.1) is 0 Å². The predicted molar refractivity (Wildman–Crippen MR) is 47.4 cm³/mol. The van der Waals surface area contributed by atoms with E-state index in [1.807, 2.05) is 0 Å². The van der Waals surface area contributed by atoms with Crippen molar-refractivity contribution >= 4 is 27.6 Å². The van der Waals surface area contributed by atoms with Crippen LogP contribution in [0.15, 0.2) is 5.16 Å². The molecular weight excluding hydrogens is 226 g/mol. The van der Waals surface area contributed by atoms with Crippen LogP contribution in [0.5, 0.6) is 0 Å². The van der Waals surface area contributed by atoms with Crippen molar-refractivity contribution in [2.45, 2.75) is 18.9 Å². The van der Waals surface area contributed by atoms with E-state index in [2.05, 4.69) is 25.8 Å². The van der Waals surface area contributed by atoms with E-state index in [0.29, 0.717) is 11.8 Å². The molecule has 0 radical (unpaired) electrons. The molecule has 1 heterocycles. The minimum Gasteiger partial charge on any atom is -0.466 e. The van der Waals surface area contributed by atoms with E-state index in [1.165, 1.54) is 7.11 Å². The molecule has 1 aliphatic rings. The standard InChI is InChI=1S/C7H10BrNO3/c1-7(6(10)11-2)3-5(4-8)9-12-7/h3-4H2,1-2H3. The topological polar surface area (TPSA) is 47.9 Å². The van der Waals surface area contributed by atoms with Gasteiger partial charge in [0.25, 0.3) is 0 Å². The molecule has 68 valence electrons. The third-order valence-corrected chi connectivity index (χ3v) is 2.34. The number of oxime groups is 1. The summed E-state index contributed by atoms with van der Waals surface area (Å²) < 4.78 is 4.58. The van der Waals surface area contributed by atoms with E-state index in [1.54, 1.807) is 6.92 Å². The summed E-state index contributed by atoms with van der Waals surface area (Å²) in [5, 5.41) is 4.37. The zero-order valence-corrected chi connectivity index (χ0v) is 8.55. The van der Waals surface area contributed by atoms with Crippen molar-refractivity contribution in [2.75, 3.05) is 12.4 Å². The normalized spacial score (nSPS) is 27.8. The van der Waals surface area contributed by atoms with Crippen LogP contribution in [-0.2, 0) is 14.4 Å². The Morgan fingerprint density at radius 3 is 3.00 bits per heavy atom. The summed E-state index contributed by atoms with van der Waals surface area (Å²) in [4.78, 5) is 16.1. The molecule has 0 spiro atoms. The summed E-state index contributed by atoms with van der Waals surface area (Å²) in [6, 6.07) is 0. The first-order chi connectivity index (χ1) is 5.62. The minimum atomic E-state index is -0.919. The number of hydrogen-bond donors (Lipinski definition) is 0. The lowest BCUT2D eigenvalue weighted by atomic mass is 10.0. The number of halogens is 1. The van der Waals surface area contributed by atoms with Crippen LogP contribution in [0.1, 0.15) is 13.3 Å². The van der Waals surface area contributed by atoms with Crippen LogP contribution in [0.2, 0.25) is 0 Å².